The Balaban J connectivity index is 2.92. The van der Waals surface area contributed by atoms with Crippen LogP contribution in [0.2, 0.25) is 0 Å². The third-order valence-electron chi connectivity index (χ3n) is 2.30. The molecule has 0 radical (unpaired) electrons. The maximum Gasteiger partial charge on any atom is 0.395 e. The molecule has 1 unspecified atom stereocenters. The lowest BCUT2D eigenvalue weighted by molar-refractivity contribution is -0.153. The van der Waals surface area contributed by atoms with Crippen molar-refractivity contribution in [1.29, 1.82) is 0 Å². The van der Waals surface area contributed by atoms with E-state index in [1.165, 1.54) is 0 Å². The molecule has 1 atom stereocenters. The van der Waals surface area contributed by atoms with Gasteiger partial charge in [-0.1, -0.05) is 44.2 Å². The Morgan fingerprint density at radius 2 is 1.60 bits per heavy atom. The largest absolute Gasteiger partial charge is 0.395 e. The van der Waals surface area contributed by atoms with E-state index >= 15 is 0 Å². The van der Waals surface area contributed by atoms with Gasteiger partial charge in [0.15, 0.2) is 0 Å². The molecule has 0 saturated heterocycles. The molecule has 0 aliphatic heterocycles. The van der Waals surface area contributed by atoms with Gasteiger partial charge in [0.25, 0.3) is 0 Å². The highest BCUT2D eigenvalue weighted by Crippen LogP contribution is 2.39. The molecular weight excluding hydrogens is 201 g/mol. The van der Waals surface area contributed by atoms with Crippen LogP contribution in [0, 0.1) is 5.92 Å². The molecule has 0 nitrogen and oxygen atoms in total. The standard InChI is InChI=1S/C12H15F3/c1-9(2)8-11(12(13,14)15)10-6-4-3-5-7-10/h3-7,9,11H,8H2,1-2H3. The number of benzene rings is 1. The van der Waals surface area contributed by atoms with Crippen LogP contribution in [0.15, 0.2) is 30.3 Å². The molecule has 1 aromatic rings. The second-order valence-electron chi connectivity index (χ2n) is 4.13. The summed E-state index contributed by atoms with van der Waals surface area (Å²) in [4.78, 5) is 0. The third-order valence-corrected chi connectivity index (χ3v) is 2.30. The highest BCUT2D eigenvalue weighted by atomic mass is 19.4. The van der Waals surface area contributed by atoms with E-state index in [4.69, 9.17) is 0 Å². The molecule has 0 aromatic heterocycles. The summed E-state index contributed by atoms with van der Waals surface area (Å²) in [5.41, 5.74) is 0.360. The molecule has 1 aromatic carbocycles. The van der Waals surface area contributed by atoms with Crippen LogP contribution in [0.3, 0.4) is 0 Å². The minimum absolute atomic E-state index is 0.0387. The minimum atomic E-state index is -4.15. The number of halogens is 3. The van der Waals surface area contributed by atoms with Gasteiger partial charge in [-0.3, -0.25) is 0 Å². The van der Waals surface area contributed by atoms with Gasteiger partial charge in [0, 0.05) is 0 Å². The van der Waals surface area contributed by atoms with Crippen molar-refractivity contribution < 1.29 is 13.2 Å². The van der Waals surface area contributed by atoms with Crippen LogP contribution in [-0.4, -0.2) is 6.18 Å². The zero-order valence-electron chi connectivity index (χ0n) is 8.88. The van der Waals surface area contributed by atoms with Gasteiger partial charge in [0.1, 0.15) is 0 Å². The van der Waals surface area contributed by atoms with Gasteiger partial charge in [-0.2, -0.15) is 13.2 Å². The van der Waals surface area contributed by atoms with E-state index in [1.54, 1.807) is 30.3 Å². The van der Waals surface area contributed by atoms with Crippen molar-refractivity contribution in [2.24, 2.45) is 5.92 Å². The molecule has 84 valence electrons. The Morgan fingerprint density at radius 1 is 1.07 bits per heavy atom. The maximum atomic E-state index is 12.8. The molecule has 0 N–H and O–H groups in total. The van der Waals surface area contributed by atoms with Crippen LogP contribution in [-0.2, 0) is 0 Å². The van der Waals surface area contributed by atoms with Gasteiger partial charge in [-0.15, -0.1) is 0 Å². The van der Waals surface area contributed by atoms with Gasteiger partial charge in [0.2, 0.25) is 0 Å². The molecule has 0 heterocycles. The lowest BCUT2D eigenvalue weighted by atomic mass is 9.90. The molecule has 0 bridgehead atoms. The summed E-state index contributed by atoms with van der Waals surface area (Å²) in [6, 6.07) is 8.11. The van der Waals surface area contributed by atoms with E-state index in [0.717, 1.165) is 0 Å². The smallest absolute Gasteiger partial charge is 0.170 e. The molecular formula is C12H15F3. The lowest BCUT2D eigenvalue weighted by Gasteiger charge is -2.22. The Labute approximate surface area is 88.1 Å². The number of hydrogen-bond donors (Lipinski definition) is 0. The average Bonchev–Trinajstić information content (AvgIpc) is 2.14. The molecule has 0 aliphatic rings. The van der Waals surface area contributed by atoms with Crippen molar-refractivity contribution in [2.45, 2.75) is 32.4 Å². The van der Waals surface area contributed by atoms with Gasteiger partial charge in [0.05, 0.1) is 5.92 Å². The second-order valence-corrected chi connectivity index (χ2v) is 4.13. The third kappa shape index (κ3) is 3.57. The Kier molecular flexibility index (Phi) is 3.77. The predicted molar refractivity (Wildman–Crippen MR) is 54.7 cm³/mol. The fraction of sp³-hybridized carbons (Fsp3) is 0.500. The van der Waals surface area contributed by atoms with Gasteiger partial charge in [-0.05, 0) is 17.9 Å². The van der Waals surface area contributed by atoms with Crippen molar-refractivity contribution in [3.63, 3.8) is 0 Å². The molecule has 0 aliphatic carbocycles. The summed E-state index contributed by atoms with van der Waals surface area (Å²) in [6.07, 6.45) is -4.00. The fourth-order valence-electron chi connectivity index (χ4n) is 1.62. The Bertz CT molecular complexity index is 287. The first-order valence-corrected chi connectivity index (χ1v) is 5.03. The minimum Gasteiger partial charge on any atom is -0.170 e. The molecule has 0 spiro atoms. The molecule has 0 amide bonds. The molecule has 0 saturated carbocycles. The van der Waals surface area contributed by atoms with E-state index in [9.17, 15) is 13.2 Å². The number of hydrogen-bond acceptors (Lipinski definition) is 0. The van der Waals surface area contributed by atoms with Crippen molar-refractivity contribution in [3.05, 3.63) is 35.9 Å². The quantitative estimate of drug-likeness (QED) is 0.703. The van der Waals surface area contributed by atoms with Gasteiger partial charge >= 0.3 is 6.18 Å². The van der Waals surface area contributed by atoms with Crippen LogP contribution in [0.4, 0.5) is 13.2 Å². The van der Waals surface area contributed by atoms with E-state index in [1.807, 2.05) is 13.8 Å². The lowest BCUT2D eigenvalue weighted by Crippen LogP contribution is -2.22. The van der Waals surface area contributed by atoms with Crippen LogP contribution in [0.5, 0.6) is 0 Å². The van der Waals surface area contributed by atoms with E-state index in [-0.39, 0.29) is 12.3 Å². The first kappa shape index (κ1) is 12.1. The van der Waals surface area contributed by atoms with Crippen LogP contribution < -0.4 is 0 Å². The zero-order valence-corrected chi connectivity index (χ0v) is 8.88. The highest BCUT2D eigenvalue weighted by Gasteiger charge is 2.40. The summed E-state index contributed by atoms with van der Waals surface area (Å²) in [6.45, 7) is 3.61. The van der Waals surface area contributed by atoms with Crippen molar-refractivity contribution in [1.82, 2.24) is 0 Å². The fourth-order valence-corrected chi connectivity index (χ4v) is 1.62. The zero-order chi connectivity index (χ0) is 11.5. The first-order chi connectivity index (χ1) is 6.91. The van der Waals surface area contributed by atoms with Crippen molar-refractivity contribution in [3.8, 4) is 0 Å². The number of rotatable bonds is 3. The second kappa shape index (κ2) is 4.69. The SMILES string of the molecule is CC(C)CC(c1ccccc1)C(F)(F)F. The van der Waals surface area contributed by atoms with E-state index < -0.39 is 12.1 Å². The number of alkyl halides is 3. The first-order valence-electron chi connectivity index (χ1n) is 5.03. The average molecular weight is 216 g/mol. The normalized spacial score (nSPS) is 14.3. The maximum absolute atomic E-state index is 12.8. The molecule has 15 heavy (non-hydrogen) atoms. The Morgan fingerprint density at radius 3 is 2.00 bits per heavy atom. The summed E-state index contributed by atoms with van der Waals surface area (Å²) >= 11 is 0. The summed E-state index contributed by atoms with van der Waals surface area (Å²) in [7, 11) is 0. The topological polar surface area (TPSA) is 0 Å². The van der Waals surface area contributed by atoms with Crippen molar-refractivity contribution >= 4 is 0 Å². The molecule has 3 heteroatoms. The van der Waals surface area contributed by atoms with E-state index in [0.29, 0.717) is 5.56 Å². The molecule has 0 fully saturated rings. The van der Waals surface area contributed by atoms with E-state index in [2.05, 4.69) is 0 Å². The van der Waals surface area contributed by atoms with Crippen molar-refractivity contribution in [2.75, 3.05) is 0 Å². The van der Waals surface area contributed by atoms with Crippen LogP contribution in [0.25, 0.3) is 0 Å². The summed E-state index contributed by atoms with van der Waals surface area (Å²) in [5.74, 6) is -1.30. The van der Waals surface area contributed by atoms with Gasteiger partial charge < -0.3 is 0 Å². The van der Waals surface area contributed by atoms with Gasteiger partial charge in [-0.25, -0.2) is 0 Å². The predicted octanol–water partition coefficient (Wildman–Crippen LogP) is 4.38. The highest BCUT2D eigenvalue weighted by molar-refractivity contribution is 5.21. The van der Waals surface area contributed by atoms with Crippen LogP contribution >= 0.6 is 0 Å². The summed E-state index contributed by atoms with van der Waals surface area (Å²) < 4.78 is 38.3. The van der Waals surface area contributed by atoms with Crippen LogP contribution in [0.1, 0.15) is 31.7 Å². The monoisotopic (exact) mass is 216 g/mol. The summed E-state index contributed by atoms with van der Waals surface area (Å²) in [5, 5.41) is 0. The Hall–Kier alpha value is -0.990. The molecule has 1 rings (SSSR count).